The smallest absolute Gasteiger partial charge is 0.311 e. The quantitative estimate of drug-likeness (QED) is 0.653. The lowest BCUT2D eigenvalue weighted by atomic mass is 10.1. The number of hydrogen-bond acceptors (Lipinski definition) is 4. The summed E-state index contributed by atoms with van der Waals surface area (Å²) in [5.74, 6) is 0.270. The molecule has 6 nitrogen and oxygen atoms in total. The molecule has 1 heterocycles. The third kappa shape index (κ3) is 3.61. The van der Waals surface area contributed by atoms with E-state index in [9.17, 15) is 10.1 Å². The van der Waals surface area contributed by atoms with E-state index in [1.165, 1.54) is 7.11 Å². The molecule has 21 heavy (non-hydrogen) atoms. The molecule has 2 rings (SSSR count). The van der Waals surface area contributed by atoms with Crippen molar-refractivity contribution in [2.24, 2.45) is 5.73 Å². The molecule has 0 saturated carbocycles. The molecule has 1 unspecified atom stereocenters. The minimum atomic E-state index is -0.430. The third-order valence-corrected chi connectivity index (χ3v) is 3.25. The Morgan fingerprint density at radius 3 is 2.81 bits per heavy atom. The number of hydrogen-bond donors (Lipinski definition) is 1. The molecule has 0 aliphatic heterocycles. The van der Waals surface area contributed by atoms with Crippen LogP contribution in [0.2, 0.25) is 0 Å². The molecule has 1 atom stereocenters. The molecule has 1 aromatic heterocycles. The van der Waals surface area contributed by atoms with E-state index in [4.69, 9.17) is 10.5 Å². The van der Waals surface area contributed by atoms with E-state index in [1.54, 1.807) is 12.1 Å². The first-order valence-corrected chi connectivity index (χ1v) is 6.72. The lowest BCUT2D eigenvalue weighted by molar-refractivity contribution is -0.385. The van der Waals surface area contributed by atoms with Crippen LogP contribution in [-0.4, -0.2) is 22.6 Å². The van der Waals surface area contributed by atoms with Gasteiger partial charge in [0.25, 0.3) is 0 Å². The molecule has 0 aliphatic rings. The normalized spacial score (nSPS) is 12.1. The molecule has 0 saturated heterocycles. The Bertz CT molecular complexity index is 635. The Morgan fingerprint density at radius 1 is 1.43 bits per heavy atom. The third-order valence-electron chi connectivity index (χ3n) is 3.25. The Kier molecular flexibility index (Phi) is 4.59. The van der Waals surface area contributed by atoms with E-state index in [-0.39, 0.29) is 17.5 Å². The zero-order valence-corrected chi connectivity index (χ0v) is 12.2. The lowest BCUT2D eigenvalue weighted by Gasteiger charge is -2.12. The number of nitrogens with zero attached hydrogens (tertiary/aromatic N) is 2. The number of ether oxygens (including phenoxy) is 1. The van der Waals surface area contributed by atoms with Crippen LogP contribution in [0.3, 0.4) is 0 Å². The van der Waals surface area contributed by atoms with E-state index in [1.807, 2.05) is 31.3 Å². The summed E-state index contributed by atoms with van der Waals surface area (Å²) >= 11 is 0. The first-order chi connectivity index (χ1) is 10.0. The van der Waals surface area contributed by atoms with Crippen molar-refractivity contribution in [1.82, 2.24) is 4.57 Å². The summed E-state index contributed by atoms with van der Waals surface area (Å²) in [6, 6.07) is 9.05. The second-order valence-corrected chi connectivity index (χ2v) is 5.07. The second-order valence-electron chi connectivity index (χ2n) is 5.07. The Balaban J connectivity index is 2.26. The average Bonchev–Trinajstić information content (AvgIpc) is 2.85. The van der Waals surface area contributed by atoms with Gasteiger partial charge in [0.05, 0.1) is 12.0 Å². The number of nitro groups is 1. The summed E-state index contributed by atoms with van der Waals surface area (Å²) in [5, 5.41) is 11.0. The van der Waals surface area contributed by atoms with Crippen molar-refractivity contribution in [3.05, 3.63) is 57.9 Å². The molecule has 0 radical (unpaired) electrons. The monoisotopic (exact) mass is 289 g/mol. The molecule has 112 valence electrons. The summed E-state index contributed by atoms with van der Waals surface area (Å²) in [6.45, 7) is 2.52. The van der Waals surface area contributed by atoms with Crippen LogP contribution in [0.5, 0.6) is 5.75 Å². The van der Waals surface area contributed by atoms with Gasteiger partial charge in [-0.3, -0.25) is 10.1 Å². The molecule has 1 aromatic carbocycles. The molecular weight excluding hydrogens is 270 g/mol. The largest absolute Gasteiger partial charge is 0.490 e. The van der Waals surface area contributed by atoms with Crippen LogP contribution in [0.15, 0.2) is 36.5 Å². The molecule has 2 aromatic rings. The summed E-state index contributed by atoms with van der Waals surface area (Å²) in [6.07, 6.45) is 2.72. The number of benzene rings is 1. The maximum atomic E-state index is 11.0. The van der Waals surface area contributed by atoms with Crippen molar-refractivity contribution in [2.75, 3.05) is 7.11 Å². The number of aromatic nitrogens is 1. The van der Waals surface area contributed by atoms with Crippen molar-refractivity contribution in [3.8, 4) is 5.75 Å². The number of rotatable bonds is 6. The van der Waals surface area contributed by atoms with E-state index in [0.717, 1.165) is 17.7 Å². The van der Waals surface area contributed by atoms with Crippen LogP contribution < -0.4 is 10.5 Å². The standard InChI is InChI=1S/C15H19N3O3/c1-11(16)8-13-4-3-7-17(13)10-12-5-6-15(21-2)14(9-12)18(19)20/h3-7,9,11H,8,10,16H2,1-2H3. The Labute approximate surface area is 123 Å². The summed E-state index contributed by atoms with van der Waals surface area (Å²) in [4.78, 5) is 10.6. The predicted molar refractivity (Wildman–Crippen MR) is 80.5 cm³/mol. The highest BCUT2D eigenvalue weighted by Crippen LogP contribution is 2.28. The van der Waals surface area contributed by atoms with Crippen LogP contribution in [0.1, 0.15) is 18.2 Å². The topological polar surface area (TPSA) is 83.3 Å². The van der Waals surface area contributed by atoms with Crippen LogP contribution in [-0.2, 0) is 13.0 Å². The average molecular weight is 289 g/mol. The van der Waals surface area contributed by atoms with Gasteiger partial charge in [0.15, 0.2) is 5.75 Å². The van der Waals surface area contributed by atoms with Gasteiger partial charge >= 0.3 is 5.69 Å². The fourth-order valence-electron chi connectivity index (χ4n) is 2.29. The van der Waals surface area contributed by atoms with Gasteiger partial charge in [-0.25, -0.2) is 0 Å². The molecule has 0 aliphatic carbocycles. The fraction of sp³-hybridized carbons (Fsp3) is 0.333. The Hall–Kier alpha value is -2.34. The maximum Gasteiger partial charge on any atom is 0.311 e. The summed E-state index contributed by atoms with van der Waals surface area (Å²) in [7, 11) is 1.43. The van der Waals surface area contributed by atoms with Crippen LogP contribution in [0.25, 0.3) is 0 Å². The summed E-state index contributed by atoms with van der Waals surface area (Å²) < 4.78 is 7.06. The first-order valence-electron chi connectivity index (χ1n) is 6.72. The maximum absolute atomic E-state index is 11.0. The van der Waals surface area contributed by atoms with Gasteiger partial charge in [0, 0.05) is 37.0 Å². The number of nitrogens with two attached hydrogens (primary N) is 1. The van der Waals surface area contributed by atoms with E-state index in [0.29, 0.717) is 6.54 Å². The van der Waals surface area contributed by atoms with E-state index < -0.39 is 4.92 Å². The van der Waals surface area contributed by atoms with Crippen molar-refractivity contribution in [3.63, 3.8) is 0 Å². The van der Waals surface area contributed by atoms with Gasteiger partial charge in [-0.05, 0) is 30.7 Å². The minimum absolute atomic E-state index is 0.0177. The predicted octanol–water partition coefficient (Wildman–Crippen LogP) is 2.34. The molecule has 2 N–H and O–H groups in total. The second kappa shape index (κ2) is 6.41. The highest BCUT2D eigenvalue weighted by atomic mass is 16.6. The van der Waals surface area contributed by atoms with E-state index in [2.05, 4.69) is 4.57 Å². The molecular formula is C15H19N3O3. The molecule has 0 bridgehead atoms. The molecule has 0 spiro atoms. The van der Waals surface area contributed by atoms with E-state index >= 15 is 0 Å². The van der Waals surface area contributed by atoms with Crippen LogP contribution >= 0.6 is 0 Å². The van der Waals surface area contributed by atoms with Crippen molar-refractivity contribution in [1.29, 1.82) is 0 Å². The number of methoxy groups -OCH3 is 1. The molecule has 0 fully saturated rings. The van der Waals surface area contributed by atoms with Gasteiger partial charge < -0.3 is 15.0 Å². The van der Waals surface area contributed by atoms with Gasteiger partial charge in [-0.1, -0.05) is 6.07 Å². The van der Waals surface area contributed by atoms with Crippen LogP contribution in [0, 0.1) is 10.1 Å². The van der Waals surface area contributed by atoms with Crippen LogP contribution in [0.4, 0.5) is 5.69 Å². The Morgan fingerprint density at radius 2 is 2.19 bits per heavy atom. The van der Waals surface area contributed by atoms with Gasteiger partial charge in [-0.2, -0.15) is 0 Å². The molecule has 0 amide bonds. The summed E-state index contributed by atoms with van der Waals surface area (Å²) in [5.41, 5.74) is 7.78. The van der Waals surface area contributed by atoms with Gasteiger partial charge in [0.2, 0.25) is 0 Å². The highest BCUT2D eigenvalue weighted by molar-refractivity contribution is 5.48. The lowest BCUT2D eigenvalue weighted by Crippen LogP contribution is -2.20. The molecule has 6 heteroatoms. The SMILES string of the molecule is COc1ccc(Cn2cccc2CC(C)N)cc1[N+](=O)[O-]. The van der Waals surface area contributed by atoms with Gasteiger partial charge in [0.1, 0.15) is 0 Å². The first kappa shape index (κ1) is 15.1. The van der Waals surface area contributed by atoms with Crippen molar-refractivity contribution >= 4 is 5.69 Å². The number of nitro benzene ring substituents is 1. The highest BCUT2D eigenvalue weighted by Gasteiger charge is 2.15. The van der Waals surface area contributed by atoms with Crippen molar-refractivity contribution < 1.29 is 9.66 Å². The minimum Gasteiger partial charge on any atom is -0.490 e. The zero-order chi connectivity index (χ0) is 15.4. The fourth-order valence-corrected chi connectivity index (χ4v) is 2.29. The zero-order valence-electron chi connectivity index (χ0n) is 12.2. The van der Waals surface area contributed by atoms with Crippen molar-refractivity contribution in [2.45, 2.75) is 25.9 Å². The van der Waals surface area contributed by atoms with Gasteiger partial charge in [-0.15, -0.1) is 0 Å².